The van der Waals surface area contributed by atoms with Crippen LogP contribution in [-0.4, -0.2) is 61.9 Å². The fraction of sp³-hybridized carbons (Fsp3) is 0.409. The number of hydrogen-bond donors (Lipinski definition) is 1. The molecule has 5 atom stereocenters. The lowest BCUT2D eigenvalue weighted by Gasteiger charge is -2.43. The van der Waals surface area contributed by atoms with Crippen LogP contribution in [0.5, 0.6) is 0 Å². The van der Waals surface area contributed by atoms with E-state index in [2.05, 4.69) is 15.3 Å². The zero-order valence-electron chi connectivity index (χ0n) is 19.2. The molecule has 0 aliphatic carbocycles. The molecule has 14 heteroatoms. The Labute approximate surface area is 206 Å². The lowest BCUT2D eigenvalue weighted by atomic mass is 9.91. The Kier molecular flexibility index (Phi) is 7.38. The molecule has 1 saturated heterocycles. The maximum absolute atomic E-state index is 13.8. The van der Waals surface area contributed by atoms with Gasteiger partial charge in [-0.3, -0.25) is 9.59 Å². The summed E-state index contributed by atoms with van der Waals surface area (Å²) in [7, 11) is 0. The molecule has 1 aliphatic rings. The van der Waals surface area contributed by atoms with Gasteiger partial charge in [-0.25, -0.2) is 22.8 Å². The summed E-state index contributed by atoms with van der Waals surface area (Å²) in [6.07, 6.45) is -3.40. The van der Waals surface area contributed by atoms with Crippen molar-refractivity contribution < 1.29 is 42.1 Å². The maximum atomic E-state index is 13.8. The highest BCUT2D eigenvalue weighted by atomic mass is 32.1. The number of hydrogen-bond acceptors (Lipinski definition) is 10. The van der Waals surface area contributed by atoms with E-state index in [1.165, 1.54) is 24.5 Å². The molecule has 10 nitrogen and oxygen atoms in total. The van der Waals surface area contributed by atoms with Crippen LogP contribution >= 0.6 is 11.3 Å². The van der Waals surface area contributed by atoms with Gasteiger partial charge in [0.25, 0.3) is 0 Å². The number of halogens is 3. The molecule has 0 unspecified atom stereocenters. The summed E-state index contributed by atoms with van der Waals surface area (Å²) in [5.74, 6) is -5.77. The molecule has 1 fully saturated rings. The second-order valence-corrected chi connectivity index (χ2v) is 9.14. The molecule has 192 valence electrons. The predicted octanol–water partition coefficient (Wildman–Crippen LogP) is 2.66. The Balaban J connectivity index is 1.76. The van der Waals surface area contributed by atoms with Crippen molar-refractivity contribution in [3.05, 3.63) is 51.9 Å². The molecule has 0 radical (unpaired) electrons. The highest BCUT2D eigenvalue weighted by Gasteiger charge is 2.50. The van der Waals surface area contributed by atoms with Gasteiger partial charge in [0.2, 0.25) is 0 Å². The van der Waals surface area contributed by atoms with Crippen molar-refractivity contribution in [1.82, 2.24) is 20.0 Å². The number of ether oxygens (including phenoxy) is 3. The quantitative estimate of drug-likeness (QED) is 0.381. The number of aliphatic hydroxyl groups excluding tert-OH is 1. The molecule has 2 aromatic heterocycles. The molecule has 0 amide bonds. The van der Waals surface area contributed by atoms with E-state index < -0.39 is 59.8 Å². The van der Waals surface area contributed by atoms with Gasteiger partial charge in [0.15, 0.2) is 23.6 Å². The third-order valence-electron chi connectivity index (χ3n) is 5.46. The second-order valence-electron chi connectivity index (χ2n) is 8.08. The number of aromatic nitrogens is 4. The maximum Gasteiger partial charge on any atom is 0.303 e. The average molecular weight is 526 g/mol. The van der Waals surface area contributed by atoms with Gasteiger partial charge < -0.3 is 19.3 Å². The molecule has 1 N–H and O–H groups in total. The fourth-order valence-corrected chi connectivity index (χ4v) is 4.57. The van der Waals surface area contributed by atoms with Crippen LogP contribution in [0.3, 0.4) is 0 Å². The number of nitrogens with zero attached hydrogens (tertiary/aromatic N) is 4. The first-order valence-electron chi connectivity index (χ1n) is 10.7. The summed E-state index contributed by atoms with van der Waals surface area (Å²) in [5, 5.41) is 21.6. The Hall–Kier alpha value is -3.36. The highest BCUT2D eigenvalue weighted by molar-refractivity contribution is 7.09. The standard InChI is InChI=1S/C22H21F3N4O6S/c1-9-26-16(8-36-9)21-20(32)19(22(34-11(3)31)17(35-21)7-33-10(2)30)29-6-15(27-28-29)12-4-13(23)18(25)14(24)5-12/h4-6,8,17,19-22,32H,7H2,1-3H3/t17-,19-,20-,21+,22+/m1/s1. The molecule has 3 heterocycles. The molecule has 0 bridgehead atoms. The number of rotatable bonds is 6. The Morgan fingerprint density at radius 1 is 1.19 bits per heavy atom. The van der Waals surface area contributed by atoms with E-state index in [0.29, 0.717) is 10.7 Å². The van der Waals surface area contributed by atoms with Gasteiger partial charge in [0.1, 0.15) is 36.7 Å². The van der Waals surface area contributed by atoms with Crippen molar-refractivity contribution in [3.8, 4) is 11.3 Å². The average Bonchev–Trinajstić information content (AvgIpc) is 3.45. The molecule has 1 aliphatic heterocycles. The molecular weight excluding hydrogens is 505 g/mol. The van der Waals surface area contributed by atoms with Crippen LogP contribution in [0.4, 0.5) is 13.2 Å². The van der Waals surface area contributed by atoms with E-state index in [9.17, 15) is 27.9 Å². The van der Waals surface area contributed by atoms with Crippen molar-refractivity contribution in [2.24, 2.45) is 0 Å². The zero-order valence-corrected chi connectivity index (χ0v) is 20.0. The summed E-state index contributed by atoms with van der Waals surface area (Å²) < 4.78 is 58.6. The zero-order chi connectivity index (χ0) is 26.1. The van der Waals surface area contributed by atoms with Crippen molar-refractivity contribution in [2.45, 2.75) is 51.2 Å². The number of thiazole rings is 1. The summed E-state index contributed by atoms with van der Waals surface area (Å²) in [6.45, 7) is 3.80. The Morgan fingerprint density at radius 3 is 2.47 bits per heavy atom. The van der Waals surface area contributed by atoms with E-state index in [0.717, 1.165) is 23.7 Å². The number of benzene rings is 1. The smallest absolute Gasteiger partial charge is 0.303 e. The largest absolute Gasteiger partial charge is 0.463 e. The predicted molar refractivity (Wildman–Crippen MR) is 117 cm³/mol. The summed E-state index contributed by atoms with van der Waals surface area (Å²) in [4.78, 5) is 27.8. The molecule has 0 saturated carbocycles. The number of esters is 2. The third kappa shape index (κ3) is 5.24. The van der Waals surface area contributed by atoms with E-state index in [1.54, 1.807) is 12.3 Å². The number of carbonyl (C=O) groups is 2. The first-order chi connectivity index (χ1) is 17.0. The van der Waals surface area contributed by atoms with Crippen molar-refractivity contribution >= 4 is 23.3 Å². The summed E-state index contributed by atoms with van der Waals surface area (Å²) in [6, 6.07) is 0.369. The number of carbonyl (C=O) groups excluding carboxylic acids is 2. The summed E-state index contributed by atoms with van der Waals surface area (Å²) >= 11 is 1.32. The molecule has 3 aromatic rings. The van der Waals surface area contributed by atoms with E-state index in [1.807, 2.05) is 0 Å². The van der Waals surface area contributed by atoms with Crippen molar-refractivity contribution in [3.63, 3.8) is 0 Å². The van der Waals surface area contributed by atoms with Crippen LogP contribution in [0.1, 0.15) is 36.7 Å². The van der Waals surface area contributed by atoms with E-state index in [-0.39, 0.29) is 17.9 Å². The normalized spacial score (nSPS) is 23.9. The second kappa shape index (κ2) is 10.3. The molecule has 36 heavy (non-hydrogen) atoms. The number of aliphatic hydroxyl groups is 1. The summed E-state index contributed by atoms with van der Waals surface area (Å²) in [5.41, 5.74) is 0.254. The minimum atomic E-state index is -1.63. The van der Waals surface area contributed by atoms with Crippen LogP contribution < -0.4 is 0 Å². The molecule has 4 rings (SSSR count). The van der Waals surface area contributed by atoms with Crippen LogP contribution in [0.15, 0.2) is 23.7 Å². The van der Waals surface area contributed by atoms with Gasteiger partial charge in [-0.2, -0.15) is 0 Å². The van der Waals surface area contributed by atoms with Gasteiger partial charge in [-0.15, -0.1) is 16.4 Å². The third-order valence-corrected chi connectivity index (χ3v) is 6.25. The van der Waals surface area contributed by atoms with Crippen molar-refractivity contribution in [2.75, 3.05) is 6.61 Å². The first-order valence-corrected chi connectivity index (χ1v) is 11.6. The van der Waals surface area contributed by atoms with Gasteiger partial charge in [0, 0.05) is 24.8 Å². The van der Waals surface area contributed by atoms with E-state index >= 15 is 0 Å². The lowest BCUT2D eigenvalue weighted by molar-refractivity contribution is -0.224. The Bertz CT molecular complexity index is 1260. The minimum absolute atomic E-state index is 0.0364. The van der Waals surface area contributed by atoms with Crippen LogP contribution in [0, 0.1) is 24.4 Å². The minimum Gasteiger partial charge on any atom is -0.463 e. The topological polar surface area (TPSA) is 126 Å². The van der Waals surface area contributed by atoms with Crippen LogP contribution in [-0.2, 0) is 23.8 Å². The van der Waals surface area contributed by atoms with Gasteiger partial charge in [-0.05, 0) is 19.1 Å². The number of aryl methyl sites for hydroxylation is 1. The van der Waals surface area contributed by atoms with Gasteiger partial charge in [0.05, 0.1) is 16.9 Å². The molecule has 0 spiro atoms. The van der Waals surface area contributed by atoms with E-state index in [4.69, 9.17) is 14.2 Å². The Morgan fingerprint density at radius 2 is 1.89 bits per heavy atom. The molecule has 1 aromatic carbocycles. The van der Waals surface area contributed by atoms with Crippen LogP contribution in [0.25, 0.3) is 11.3 Å². The van der Waals surface area contributed by atoms with Crippen molar-refractivity contribution in [1.29, 1.82) is 0 Å². The van der Waals surface area contributed by atoms with Gasteiger partial charge in [-0.1, -0.05) is 5.21 Å². The fourth-order valence-electron chi connectivity index (χ4n) is 3.93. The highest BCUT2D eigenvalue weighted by Crippen LogP contribution is 2.40. The SMILES string of the molecule is CC(=O)OC[C@H]1O[C@@H](c2csc(C)n2)[C@H](O)[C@@H](n2cc(-c3cc(F)c(F)c(F)c3)nn2)[C@H]1OC(C)=O. The van der Waals surface area contributed by atoms with Crippen LogP contribution in [0.2, 0.25) is 0 Å². The lowest BCUT2D eigenvalue weighted by Crippen LogP contribution is -2.54. The van der Waals surface area contributed by atoms with Gasteiger partial charge >= 0.3 is 11.9 Å². The first kappa shape index (κ1) is 25.7. The molecular formula is C22H21F3N4O6S. The monoisotopic (exact) mass is 526 g/mol.